The summed E-state index contributed by atoms with van der Waals surface area (Å²) in [4.78, 5) is 9.40. The SMILES string of the molecule is [2H]c1c([2H])c([2H])c2c(c1[2H])c1c([2H])c([2H])c([2H])c([2H])c1c1c([2H])c(-c3cccc(-c4ccc5oc6c(-c7cccc(-c8cccc9c8sc8ccccc89)c7)ncnc6c5c4)c3)c([2H])c([2H])c21. The third kappa shape index (κ3) is 4.76. The second-order valence-electron chi connectivity index (χ2n) is 13.7. The molecule has 3 nitrogen and oxygen atoms in total. The monoisotopic (exact) mass is 741 g/mol. The van der Waals surface area contributed by atoms with E-state index in [1.165, 1.54) is 26.5 Å². The van der Waals surface area contributed by atoms with Gasteiger partial charge in [-0.15, -0.1) is 11.3 Å². The molecule has 0 aliphatic heterocycles. The molecule has 56 heavy (non-hydrogen) atoms. The van der Waals surface area contributed by atoms with E-state index in [0.29, 0.717) is 33.5 Å². The number of nitrogens with zero attached hydrogens (tertiary/aromatic N) is 2. The van der Waals surface area contributed by atoms with Crippen LogP contribution in [-0.2, 0) is 0 Å². The minimum Gasteiger partial charge on any atom is -0.452 e. The maximum atomic E-state index is 9.67. The third-order valence-corrected chi connectivity index (χ3v) is 11.7. The average molecular weight is 742 g/mol. The molecule has 0 N–H and O–H groups in total. The van der Waals surface area contributed by atoms with Crippen molar-refractivity contribution >= 4 is 85.9 Å². The topological polar surface area (TPSA) is 38.9 Å². The molecule has 0 aliphatic carbocycles. The Labute approximate surface area is 341 Å². The first kappa shape index (κ1) is 22.3. The van der Waals surface area contributed by atoms with Crippen molar-refractivity contribution in [3.05, 3.63) is 182 Å². The number of hydrogen-bond acceptors (Lipinski definition) is 4. The van der Waals surface area contributed by atoms with Crippen molar-refractivity contribution in [3.63, 3.8) is 0 Å². The Kier molecular flexibility index (Phi) is 4.85. The Bertz CT molecular complexity index is 4160. The summed E-state index contributed by atoms with van der Waals surface area (Å²) in [5.41, 5.74) is 7.31. The Balaban J connectivity index is 1.00. The first-order chi connectivity index (χ1) is 32.3. The van der Waals surface area contributed by atoms with Crippen LogP contribution in [0, 0.1) is 0 Å². The molecule has 0 amide bonds. The molecule has 9 aromatic carbocycles. The van der Waals surface area contributed by atoms with E-state index in [1.807, 2.05) is 36.4 Å². The van der Waals surface area contributed by atoms with Crippen LogP contribution in [0.1, 0.15) is 15.1 Å². The highest BCUT2D eigenvalue weighted by Crippen LogP contribution is 2.42. The predicted octanol–water partition coefficient (Wildman–Crippen LogP) is 14.9. The van der Waals surface area contributed by atoms with Crippen molar-refractivity contribution in [2.45, 2.75) is 0 Å². The van der Waals surface area contributed by atoms with Crippen LogP contribution >= 0.6 is 11.3 Å². The lowest BCUT2D eigenvalue weighted by atomic mass is 9.91. The Hall–Kier alpha value is -7.14. The number of fused-ring (bicyclic) bond motifs is 12. The maximum absolute atomic E-state index is 9.67. The fourth-order valence-electron chi connectivity index (χ4n) is 7.92. The summed E-state index contributed by atoms with van der Waals surface area (Å²) < 4.78 is 107. The molecule has 0 saturated heterocycles. The van der Waals surface area contributed by atoms with Crippen molar-refractivity contribution < 1.29 is 19.5 Å². The van der Waals surface area contributed by atoms with Crippen molar-refractivity contribution in [3.8, 4) is 44.6 Å². The normalized spacial score (nSPS) is 14.7. The predicted molar refractivity (Wildman–Crippen MR) is 236 cm³/mol. The third-order valence-electron chi connectivity index (χ3n) is 10.5. The molecule has 12 rings (SSSR count). The lowest BCUT2D eigenvalue weighted by molar-refractivity contribution is 0.667. The fourth-order valence-corrected chi connectivity index (χ4v) is 9.16. The molecule has 3 heterocycles. The van der Waals surface area contributed by atoms with E-state index >= 15 is 0 Å². The number of thiophene rings is 1. The van der Waals surface area contributed by atoms with Crippen molar-refractivity contribution in [2.75, 3.05) is 0 Å². The molecule has 4 heteroatoms. The van der Waals surface area contributed by atoms with E-state index < -0.39 is 54.4 Å². The van der Waals surface area contributed by atoms with Gasteiger partial charge in [0.15, 0.2) is 5.58 Å². The van der Waals surface area contributed by atoms with Gasteiger partial charge in [-0.2, -0.15) is 0 Å². The first-order valence-corrected chi connectivity index (χ1v) is 18.8. The van der Waals surface area contributed by atoms with Gasteiger partial charge >= 0.3 is 0 Å². The Morgan fingerprint density at radius 2 is 1.11 bits per heavy atom. The van der Waals surface area contributed by atoms with Gasteiger partial charge in [0.25, 0.3) is 0 Å². The van der Waals surface area contributed by atoms with Gasteiger partial charge in [0.1, 0.15) is 23.1 Å². The smallest absolute Gasteiger partial charge is 0.180 e. The second kappa shape index (κ2) is 12.2. The number of hydrogen-bond donors (Lipinski definition) is 0. The molecule has 0 unspecified atom stereocenters. The molecular weight excluding hydrogens is 701 g/mol. The summed E-state index contributed by atoms with van der Waals surface area (Å²) in [7, 11) is 0. The Morgan fingerprint density at radius 1 is 0.464 bits per heavy atom. The molecule has 0 bridgehead atoms. The van der Waals surface area contributed by atoms with E-state index in [0.717, 1.165) is 27.6 Å². The second-order valence-corrected chi connectivity index (χ2v) is 14.7. The van der Waals surface area contributed by atoms with Gasteiger partial charge in [0.05, 0.1) is 15.1 Å². The van der Waals surface area contributed by atoms with Crippen LogP contribution < -0.4 is 0 Å². The molecule has 12 aromatic rings. The molecule has 0 radical (unpaired) electrons. The molecule has 260 valence electrons. The van der Waals surface area contributed by atoms with E-state index in [2.05, 4.69) is 59.6 Å². The summed E-state index contributed by atoms with van der Waals surface area (Å²) in [6.07, 6.45) is 1.53. The zero-order chi connectivity index (χ0) is 46.3. The molecule has 0 spiro atoms. The molecule has 0 fully saturated rings. The van der Waals surface area contributed by atoms with Gasteiger partial charge in [-0.05, 0) is 102 Å². The molecular formula is C52H30N2OS. The van der Waals surface area contributed by atoms with E-state index in [1.54, 1.807) is 29.5 Å². The maximum Gasteiger partial charge on any atom is 0.180 e. The van der Waals surface area contributed by atoms with Crippen LogP contribution in [0.15, 0.2) is 186 Å². The van der Waals surface area contributed by atoms with Crippen LogP contribution in [-0.4, -0.2) is 9.97 Å². The first-order valence-electron chi connectivity index (χ1n) is 23.5. The highest BCUT2D eigenvalue weighted by Gasteiger charge is 2.18. The minimum atomic E-state index is -0.611. The number of benzene rings is 9. The van der Waals surface area contributed by atoms with Gasteiger partial charge in [-0.1, -0.05) is 139 Å². The zero-order valence-electron chi connectivity index (χ0n) is 40.2. The van der Waals surface area contributed by atoms with Crippen LogP contribution in [0.3, 0.4) is 0 Å². The molecule has 0 aliphatic rings. The molecule has 0 saturated carbocycles. The largest absolute Gasteiger partial charge is 0.452 e. The van der Waals surface area contributed by atoms with Gasteiger partial charge in [0.2, 0.25) is 0 Å². The minimum absolute atomic E-state index is 0.0197. The summed E-state index contributed by atoms with van der Waals surface area (Å²) in [5.74, 6) is 0. The lowest BCUT2D eigenvalue weighted by Crippen LogP contribution is -1.88. The summed E-state index contributed by atoms with van der Waals surface area (Å²) in [6, 6.07) is 30.2. The highest BCUT2D eigenvalue weighted by atomic mass is 32.1. The van der Waals surface area contributed by atoms with Gasteiger partial charge in [-0.25, -0.2) is 9.97 Å². The standard InChI is InChI=1S/C52H30N2OS/c1-2-16-40-38(14-1)39-15-3-4-17-41(39)45-28-33(22-24-42(40)45)31-10-7-11-32(26-31)34-23-25-47-46(29-34)50-51(55-47)49(53-30-54-50)36-13-8-12-35(27-36)37-19-9-20-44-43-18-5-6-21-48(43)56-52(37)44/h1-30H/i1D,2D,3D,4D,14D,15D,16D,17D,22D,24D,28D. The summed E-state index contributed by atoms with van der Waals surface area (Å²) in [5, 5.41) is 2.20. The molecule has 0 atom stereocenters. The van der Waals surface area contributed by atoms with E-state index in [9.17, 15) is 4.11 Å². The van der Waals surface area contributed by atoms with Crippen molar-refractivity contribution in [1.29, 1.82) is 0 Å². The van der Waals surface area contributed by atoms with Crippen LogP contribution in [0.25, 0.3) is 119 Å². The fraction of sp³-hybridized carbons (Fsp3) is 0. The van der Waals surface area contributed by atoms with Gasteiger partial charge < -0.3 is 4.42 Å². The highest BCUT2D eigenvalue weighted by molar-refractivity contribution is 7.26. The van der Waals surface area contributed by atoms with Crippen molar-refractivity contribution in [2.24, 2.45) is 0 Å². The number of furan rings is 1. The van der Waals surface area contributed by atoms with Gasteiger partial charge in [0, 0.05) is 31.1 Å². The molecule has 3 aromatic heterocycles. The lowest BCUT2D eigenvalue weighted by Gasteiger charge is -2.12. The zero-order valence-corrected chi connectivity index (χ0v) is 30.0. The Morgan fingerprint density at radius 3 is 1.93 bits per heavy atom. The number of aromatic nitrogens is 2. The number of rotatable bonds is 4. The van der Waals surface area contributed by atoms with Crippen LogP contribution in [0.2, 0.25) is 0 Å². The summed E-state index contributed by atoms with van der Waals surface area (Å²) >= 11 is 1.78. The van der Waals surface area contributed by atoms with E-state index in [-0.39, 0.29) is 50.0 Å². The van der Waals surface area contributed by atoms with Crippen LogP contribution in [0.4, 0.5) is 0 Å². The average Bonchev–Trinajstić information content (AvgIpc) is 3.93. The van der Waals surface area contributed by atoms with Crippen molar-refractivity contribution in [1.82, 2.24) is 9.97 Å². The van der Waals surface area contributed by atoms with Crippen LogP contribution in [0.5, 0.6) is 0 Å². The van der Waals surface area contributed by atoms with E-state index in [4.69, 9.17) is 20.4 Å². The summed E-state index contributed by atoms with van der Waals surface area (Å²) in [6.45, 7) is 0. The quantitative estimate of drug-likeness (QED) is 0.169. The van der Waals surface area contributed by atoms with Gasteiger partial charge in [-0.3, -0.25) is 0 Å².